The Kier molecular flexibility index (Phi) is 5.55. The Morgan fingerprint density at radius 1 is 1.31 bits per heavy atom. The maximum Gasteiger partial charge on any atom is 0.320 e. The van der Waals surface area contributed by atoms with Crippen LogP contribution in [0.1, 0.15) is 31.4 Å². The van der Waals surface area contributed by atoms with Gasteiger partial charge in [-0.05, 0) is 38.0 Å². The lowest BCUT2D eigenvalue weighted by atomic mass is 9.93. The molecule has 1 aliphatic carbocycles. The van der Waals surface area contributed by atoms with Crippen molar-refractivity contribution in [1.82, 2.24) is 20.3 Å². The molecular weight excluding hydrogens is 394 g/mol. The number of nitrogens with one attached hydrogen (secondary N) is 3. The quantitative estimate of drug-likeness (QED) is 0.511. The lowest BCUT2D eigenvalue weighted by Gasteiger charge is -2.28. The van der Waals surface area contributed by atoms with E-state index in [2.05, 4.69) is 25.6 Å². The van der Waals surface area contributed by atoms with E-state index in [0.717, 1.165) is 24.6 Å². The molecule has 2 amide bonds. The van der Waals surface area contributed by atoms with E-state index in [1.54, 1.807) is 37.5 Å². The van der Waals surface area contributed by atoms with Crippen molar-refractivity contribution in [3.05, 3.63) is 41.3 Å². The minimum atomic E-state index is -0.501. The predicted octanol–water partition coefficient (Wildman–Crippen LogP) is 4.14. The van der Waals surface area contributed by atoms with E-state index < -0.39 is 6.10 Å². The highest BCUT2D eigenvalue weighted by molar-refractivity contribution is 6.31. The summed E-state index contributed by atoms with van der Waals surface area (Å²) in [6.07, 6.45) is 6.25. The van der Waals surface area contributed by atoms with Crippen molar-refractivity contribution in [2.24, 2.45) is 0 Å². The molecule has 1 aliphatic rings. The molecule has 2 atom stereocenters. The first-order chi connectivity index (χ1) is 14.0. The molecule has 1 fully saturated rings. The first-order valence-electron chi connectivity index (χ1n) is 9.53. The van der Waals surface area contributed by atoms with Gasteiger partial charge in [0.05, 0.1) is 28.2 Å². The van der Waals surface area contributed by atoms with Crippen LogP contribution < -0.4 is 15.4 Å². The van der Waals surface area contributed by atoms with Crippen molar-refractivity contribution in [1.29, 1.82) is 0 Å². The number of rotatable bonds is 4. The third kappa shape index (κ3) is 4.44. The standard InChI is InChI=1S/C20H22ClN5O3/c1-11-16(29-17-10-23-19-13(17)8-12(21)9-22-19)6-7-18(24-11)26-20(28)25-14-4-2-3-5-15(14)27/h6-10,14-15,27H,2-5H2,1H3,(H,22,23)(H2,24,25,26,28)/t14-,15-/m1/s1. The number of hydrogen-bond acceptors (Lipinski definition) is 5. The zero-order chi connectivity index (χ0) is 20.4. The molecule has 0 radical (unpaired) electrons. The van der Waals surface area contributed by atoms with Gasteiger partial charge < -0.3 is 20.1 Å². The number of halogens is 1. The fourth-order valence-electron chi connectivity index (χ4n) is 3.48. The number of aliphatic hydroxyl groups is 1. The molecule has 0 aliphatic heterocycles. The maximum absolute atomic E-state index is 12.2. The van der Waals surface area contributed by atoms with Crippen molar-refractivity contribution < 1.29 is 14.6 Å². The van der Waals surface area contributed by atoms with Gasteiger partial charge in [0.1, 0.15) is 17.2 Å². The molecule has 0 spiro atoms. The lowest BCUT2D eigenvalue weighted by Crippen LogP contribution is -2.46. The van der Waals surface area contributed by atoms with E-state index in [0.29, 0.717) is 40.1 Å². The average Bonchev–Trinajstić information content (AvgIpc) is 3.08. The Morgan fingerprint density at radius 3 is 2.93 bits per heavy atom. The van der Waals surface area contributed by atoms with E-state index in [1.807, 2.05) is 0 Å². The SMILES string of the molecule is Cc1nc(NC(=O)N[C@@H]2CCCC[C@H]2O)ccc1Oc1c[nH]c2ncc(Cl)cc12. The molecule has 3 aromatic heterocycles. The Labute approximate surface area is 172 Å². The number of nitrogens with zero attached hydrogens (tertiary/aromatic N) is 2. The van der Waals surface area contributed by atoms with E-state index >= 15 is 0 Å². The van der Waals surface area contributed by atoms with Crippen LogP contribution in [0, 0.1) is 6.92 Å². The highest BCUT2D eigenvalue weighted by atomic mass is 35.5. The summed E-state index contributed by atoms with van der Waals surface area (Å²) in [4.78, 5) is 23.9. The average molecular weight is 416 g/mol. The van der Waals surface area contributed by atoms with Crippen LogP contribution in [0.3, 0.4) is 0 Å². The second-order valence-corrected chi connectivity index (χ2v) is 7.58. The number of H-pyrrole nitrogens is 1. The van der Waals surface area contributed by atoms with E-state index in [-0.39, 0.29) is 12.1 Å². The second-order valence-electron chi connectivity index (χ2n) is 7.14. The van der Waals surface area contributed by atoms with Gasteiger partial charge in [0.15, 0.2) is 5.75 Å². The first kappa shape index (κ1) is 19.5. The largest absolute Gasteiger partial charge is 0.453 e. The molecule has 9 heteroatoms. The van der Waals surface area contributed by atoms with Crippen molar-refractivity contribution in [2.45, 2.75) is 44.8 Å². The van der Waals surface area contributed by atoms with Crippen LogP contribution in [0.4, 0.5) is 10.6 Å². The molecule has 0 saturated heterocycles. The van der Waals surface area contributed by atoms with Gasteiger partial charge in [-0.2, -0.15) is 0 Å². The van der Waals surface area contributed by atoms with Gasteiger partial charge in [-0.15, -0.1) is 0 Å². The van der Waals surface area contributed by atoms with Gasteiger partial charge in [-0.3, -0.25) is 5.32 Å². The number of urea groups is 1. The van der Waals surface area contributed by atoms with Gasteiger partial charge in [0.2, 0.25) is 0 Å². The van der Waals surface area contributed by atoms with E-state index in [9.17, 15) is 9.90 Å². The molecule has 29 heavy (non-hydrogen) atoms. The molecule has 152 valence electrons. The number of carbonyl (C=O) groups excluding carboxylic acids is 1. The number of aliphatic hydroxyl groups excluding tert-OH is 1. The summed E-state index contributed by atoms with van der Waals surface area (Å²) in [6, 6.07) is 4.57. The van der Waals surface area contributed by atoms with Gasteiger partial charge in [0, 0.05) is 12.4 Å². The molecule has 4 N–H and O–H groups in total. The highest BCUT2D eigenvalue weighted by Gasteiger charge is 2.24. The van der Waals surface area contributed by atoms with Crippen LogP contribution in [-0.4, -0.2) is 38.2 Å². The number of amides is 2. The lowest BCUT2D eigenvalue weighted by molar-refractivity contribution is 0.0955. The Balaban J connectivity index is 1.43. The molecular formula is C20H22ClN5O3. The number of aromatic nitrogens is 3. The fraction of sp³-hybridized carbons (Fsp3) is 0.350. The minimum Gasteiger partial charge on any atom is -0.453 e. The van der Waals surface area contributed by atoms with Crippen LogP contribution in [-0.2, 0) is 0 Å². The summed E-state index contributed by atoms with van der Waals surface area (Å²) < 4.78 is 5.96. The summed E-state index contributed by atoms with van der Waals surface area (Å²) in [6.45, 7) is 1.80. The van der Waals surface area contributed by atoms with Gasteiger partial charge in [0.25, 0.3) is 0 Å². The van der Waals surface area contributed by atoms with Crippen molar-refractivity contribution in [3.8, 4) is 11.5 Å². The maximum atomic E-state index is 12.2. The summed E-state index contributed by atoms with van der Waals surface area (Å²) >= 11 is 6.02. The summed E-state index contributed by atoms with van der Waals surface area (Å²) in [5.41, 5.74) is 1.29. The van der Waals surface area contributed by atoms with Crippen molar-refractivity contribution >= 4 is 34.5 Å². The molecule has 4 rings (SSSR count). The Hall–Kier alpha value is -2.84. The third-order valence-corrected chi connectivity index (χ3v) is 5.21. The number of aromatic amines is 1. The molecule has 0 bridgehead atoms. The highest BCUT2D eigenvalue weighted by Crippen LogP contribution is 2.32. The number of aryl methyl sites for hydroxylation is 1. The van der Waals surface area contributed by atoms with E-state index in [1.165, 1.54) is 0 Å². The third-order valence-electron chi connectivity index (χ3n) is 5.00. The van der Waals surface area contributed by atoms with Crippen LogP contribution in [0.15, 0.2) is 30.6 Å². The predicted molar refractivity (Wildman–Crippen MR) is 111 cm³/mol. The summed E-state index contributed by atoms with van der Waals surface area (Å²) in [7, 11) is 0. The second kappa shape index (κ2) is 8.26. The molecule has 1 saturated carbocycles. The molecule has 3 heterocycles. The smallest absolute Gasteiger partial charge is 0.320 e. The zero-order valence-electron chi connectivity index (χ0n) is 15.9. The normalized spacial score (nSPS) is 19.1. The first-order valence-corrected chi connectivity index (χ1v) is 9.91. The fourth-order valence-corrected chi connectivity index (χ4v) is 3.64. The van der Waals surface area contributed by atoms with Crippen molar-refractivity contribution in [3.63, 3.8) is 0 Å². The Morgan fingerprint density at radius 2 is 2.14 bits per heavy atom. The van der Waals surface area contributed by atoms with Crippen LogP contribution in [0.5, 0.6) is 11.5 Å². The van der Waals surface area contributed by atoms with Crippen LogP contribution in [0.2, 0.25) is 5.02 Å². The Bertz CT molecular complexity index is 1040. The van der Waals surface area contributed by atoms with Gasteiger partial charge in [-0.1, -0.05) is 24.4 Å². The molecule has 8 nitrogen and oxygen atoms in total. The minimum absolute atomic E-state index is 0.227. The van der Waals surface area contributed by atoms with Crippen LogP contribution in [0.25, 0.3) is 11.0 Å². The van der Waals surface area contributed by atoms with E-state index in [4.69, 9.17) is 16.3 Å². The number of pyridine rings is 2. The number of ether oxygens (including phenoxy) is 1. The summed E-state index contributed by atoms with van der Waals surface area (Å²) in [5.74, 6) is 1.55. The number of carbonyl (C=O) groups is 1. The molecule has 0 aromatic carbocycles. The monoisotopic (exact) mass is 415 g/mol. The van der Waals surface area contributed by atoms with Crippen molar-refractivity contribution in [2.75, 3.05) is 5.32 Å². The zero-order valence-corrected chi connectivity index (χ0v) is 16.7. The molecule has 0 unspecified atom stereocenters. The van der Waals surface area contributed by atoms with Gasteiger partial charge in [-0.25, -0.2) is 14.8 Å². The molecule has 3 aromatic rings. The number of anilines is 1. The number of fused-ring (bicyclic) bond motifs is 1. The van der Waals surface area contributed by atoms with Gasteiger partial charge >= 0.3 is 6.03 Å². The topological polar surface area (TPSA) is 112 Å². The summed E-state index contributed by atoms with van der Waals surface area (Å²) in [5, 5.41) is 16.8. The van der Waals surface area contributed by atoms with Crippen LogP contribution >= 0.6 is 11.6 Å². The number of hydrogen-bond donors (Lipinski definition) is 4.